The van der Waals surface area contributed by atoms with Crippen LogP contribution in [0.2, 0.25) is 5.02 Å². The molecule has 0 aliphatic rings. The third kappa shape index (κ3) is 1.75. The van der Waals surface area contributed by atoms with Crippen LogP contribution in [0.25, 0.3) is 0 Å². The highest BCUT2D eigenvalue weighted by Gasteiger charge is 2.04. The molecule has 1 rings (SSSR count). The molecular formula is C8H9BrClN. The van der Waals surface area contributed by atoms with E-state index in [9.17, 15) is 0 Å². The zero-order valence-electron chi connectivity index (χ0n) is 6.20. The van der Waals surface area contributed by atoms with Crippen molar-refractivity contribution in [1.29, 1.82) is 0 Å². The average Bonchev–Trinajstić information content (AvgIpc) is 2.01. The maximum atomic E-state index is 5.97. The van der Waals surface area contributed by atoms with Gasteiger partial charge in [-0.25, -0.2) is 0 Å². The summed E-state index contributed by atoms with van der Waals surface area (Å²) in [6, 6.07) is 3.95. The molecule has 11 heavy (non-hydrogen) atoms. The van der Waals surface area contributed by atoms with Crippen LogP contribution in [0.5, 0.6) is 0 Å². The van der Waals surface area contributed by atoms with E-state index in [0.717, 1.165) is 20.6 Å². The molecule has 0 radical (unpaired) electrons. The van der Waals surface area contributed by atoms with Crippen LogP contribution in [0.4, 0.5) is 0 Å². The normalized spacial score (nSPS) is 10.2. The Kier molecular flexibility index (Phi) is 2.93. The van der Waals surface area contributed by atoms with E-state index in [0.29, 0.717) is 6.54 Å². The Balaban J connectivity index is 3.25. The molecule has 0 aliphatic heterocycles. The summed E-state index contributed by atoms with van der Waals surface area (Å²) in [7, 11) is 0. The van der Waals surface area contributed by atoms with Gasteiger partial charge in [-0.3, -0.25) is 0 Å². The summed E-state index contributed by atoms with van der Waals surface area (Å²) in [6.45, 7) is 2.48. The molecule has 0 aliphatic carbocycles. The molecule has 0 saturated carbocycles. The predicted molar refractivity (Wildman–Crippen MR) is 51.8 cm³/mol. The smallest absolute Gasteiger partial charge is 0.0595 e. The van der Waals surface area contributed by atoms with Gasteiger partial charge in [-0.1, -0.05) is 23.7 Å². The second-order valence-electron chi connectivity index (χ2n) is 2.37. The number of aryl methyl sites for hydroxylation is 1. The van der Waals surface area contributed by atoms with E-state index in [1.165, 1.54) is 0 Å². The Bertz CT molecular complexity index is 273. The topological polar surface area (TPSA) is 26.0 Å². The van der Waals surface area contributed by atoms with Gasteiger partial charge in [0.05, 0.1) is 5.02 Å². The number of hydrogen-bond donors (Lipinski definition) is 1. The largest absolute Gasteiger partial charge is 0.326 e. The van der Waals surface area contributed by atoms with Crippen molar-refractivity contribution in [2.75, 3.05) is 0 Å². The van der Waals surface area contributed by atoms with Crippen molar-refractivity contribution >= 4 is 27.5 Å². The van der Waals surface area contributed by atoms with Crippen LogP contribution >= 0.6 is 27.5 Å². The molecule has 3 heteroatoms. The lowest BCUT2D eigenvalue weighted by Crippen LogP contribution is -1.97. The van der Waals surface area contributed by atoms with Crippen molar-refractivity contribution in [2.45, 2.75) is 13.5 Å². The second kappa shape index (κ2) is 3.57. The van der Waals surface area contributed by atoms with Gasteiger partial charge in [-0.2, -0.15) is 0 Å². The molecule has 0 saturated heterocycles. The molecular weight excluding hydrogens is 225 g/mol. The van der Waals surface area contributed by atoms with Crippen LogP contribution in [-0.2, 0) is 6.54 Å². The van der Waals surface area contributed by atoms with E-state index < -0.39 is 0 Å². The number of hydrogen-bond acceptors (Lipinski definition) is 1. The Morgan fingerprint density at radius 3 is 2.73 bits per heavy atom. The van der Waals surface area contributed by atoms with Crippen molar-refractivity contribution in [2.24, 2.45) is 5.73 Å². The molecule has 60 valence electrons. The van der Waals surface area contributed by atoms with E-state index in [-0.39, 0.29) is 0 Å². The molecule has 0 heterocycles. The lowest BCUT2D eigenvalue weighted by molar-refractivity contribution is 1.07. The van der Waals surface area contributed by atoms with Crippen molar-refractivity contribution in [3.05, 3.63) is 32.8 Å². The maximum Gasteiger partial charge on any atom is 0.0595 e. The minimum absolute atomic E-state index is 0.484. The van der Waals surface area contributed by atoms with Crippen LogP contribution in [0.15, 0.2) is 16.6 Å². The molecule has 1 aromatic carbocycles. The number of nitrogens with two attached hydrogens (primary N) is 1. The molecule has 0 unspecified atom stereocenters. The van der Waals surface area contributed by atoms with E-state index in [2.05, 4.69) is 15.9 Å². The molecule has 2 N–H and O–H groups in total. The Morgan fingerprint density at radius 1 is 1.55 bits per heavy atom. The fourth-order valence-electron chi connectivity index (χ4n) is 0.844. The first-order valence-electron chi connectivity index (χ1n) is 3.30. The van der Waals surface area contributed by atoms with Crippen LogP contribution in [-0.4, -0.2) is 0 Å². The van der Waals surface area contributed by atoms with Gasteiger partial charge in [0, 0.05) is 11.0 Å². The SMILES string of the molecule is Cc1ccc(CN)c(Cl)c1Br. The first-order chi connectivity index (χ1) is 5.16. The number of halogens is 2. The Labute approximate surface area is 79.7 Å². The lowest BCUT2D eigenvalue weighted by atomic mass is 10.1. The van der Waals surface area contributed by atoms with E-state index in [1.54, 1.807) is 0 Å². The van der Waals surface area contributed by atoms with Gasteiger partial charge in [-0.05, 0) is 34.0 Å². The quantitative estimate of drug-likeness (QED) is 0.794. The average molecular weight is 235 g/mol. The molecule has 0 bridgehead atoms. The van der Waals surface area contributed by atoms with Crippen molar-refractivity contribution in [1.82, 2.24) is 0 Å². The Morgan fingerprint density at radius 2 is 2.18 bits per heavy atom. The van der Waals surface area contributed by atoms with E-state index in [4.69, 9.17) is 17.3 Å². The highest BCUT2D eigenvalue weighted by molar-refractivity contribution is 9.10. The van der Waals surface area contributed by atoms with Crippen molar-refractivity contribution < 1.29 is 0 Å². The molecule has 0 amide bonds. The van der Waals surface area contributed by atoms with Crippen LogP contribution in [0, 0.1) is 6.92 Å². The standard InChI is InChI=1S/C8H9BrClN/c1-5-2-3-6(4-11)8(10)7(5)9/h2-3H,4,11H2,1H3. The van der Waals surface area contributed by atoms with Gasteiger partial charge in [0.15, 0.2) is 0 Å². The zero-order chi connectivity index (χ0) is 8.43. The third-order valence-corrected chi connectivity index (χ3v) is 3.26. The fourth-order valence-corrected chi connectivity index (χ4v) is 1.52. The minimum Gasteiger partial charge on any atom is -0.326 e. The van der Waals surface area contributed by atoms with Gasteiger partial charge >= 0.3 is 0 Å². The molecule has 0 atom stereocenters. The summed E-state index contributed by atoms with van der Waals surface area (Å²) in [5.74, 6) is 0. The Hall–Kier alpha value is -0.0500. The van der Waals surface area contributed by atoms with Crippen LogP contribution in [0.3, 0.4) is 0 Å². The highest BCUT2D eigenvalue weighted by Crippen LogP contribution is 2.28. The van der Waals surface area contributed by atoms with Crippen LogP contribution in [0.1, 0.15) is 11.1 Å². The number of rotatable bonds is 1. The summed E-state index contributed by atoms with van der Waals surface area (Å²) < 4.78 is 0.946. The summed E-state index contributed by atoms with van der Waals surface area (Å²) in [5, 5.41) is 0.729. The van der Waals surface area contributed by atoms with Gasteiger partial charge in [0.2, 0.25) is 0 Å². The number of benzene rings is 1. The highest BCUT2D eigenvalue weighted by atomic mass is 79.9. The van der Waals surface area contributed by atoms with E-state index >= 15 is 0 Å². The zero-order valence-corrected chi connectivity index (χ0v) is 8.54. The predicted octanol–water partition coefficient (Wildman–Crippen LogP) is 2.87. The van der Waals surface area contributed by atoms with E-state index in [1.807, 2.05) is 19.1 Å². The van der Waals surface area contributed by atoms with Crippen molar-refractivity contribution in [3.8, 4) is 0 Å². The summed E-state index contributed by atoms with van der Waals surface area (Å²) in [4.78, 5) is 0. The summed E-state index contributed by atoms with van der Waals surface area (Å²) in [6.07, 6.45) is 0. The second-order valence-corrected chi connectivity index (χ2v) is 3.54. The van der Waals surface area contributed by atoms with Gasteiger partial charge < -0.3 is 5.73 Å². The van der Waals surface area contributed by atoms with Gasteiger partial charge in [0.1, 0.15) is 0 Å². The summed E-state index contributed by atoms with van der Waals surface area (Å²) >= 11 is 9.35. The fraction of sp³-hybridized carbons (Fsp3) is 0.250. The van der Waals surface area contributed by atoms with Gasteiger partial charge in [-0.15, -0.1) is 0 Å². The third-order valence-electron chi connectivity index (χ3n) is 1.58. The molecule has 0 aromatic heterocycles. The first-order valence-corrected chi connectivity index (χ1v) is 4.47. The molecule has 1 nitrogen and oxygen atoms in total. The minimum atomic E-state index is 0.484. The first kappa shape index (κ1) is 9.04. The maximum absolute atomic E-state index is 5.97. The molecule has 0 fully saturated rings. The van der Waals surface area contributed by atoms with Crippen molar-refractivity contribution in [3.63, 3.8) is 0 Å². The van der Waals surface area contributed by atoms with Crippen LogP contribution < -0.4 is 5.73 Å². The monoisotopic (exact) mass is 233 g/mol. The molecule has 1 aromatic rings. The van der Waals surface area contributed by atoms with Gasteiger partial charge in [0.25, 0.3) is 0 Å². The molecule has 0 spiro atoms. The lowest BCUT2D eigenvalue weighted by Gasteiger charge is -2.05. The summed E-state index contributed by atoms with van der Waals surface area (Å²) in [5.41, 5.74) is 7.57.